The summed E-state index contributed by atoms with van der Waals surface area (Å²) >= 11 is 0. The summed E-state index contributed by atoms with van der Waals surface area (Å²) in [6.45, 7) is 10.7. The molecular weight excluding hydrogens is 304 g/mol. The van der Waals surface area contributed by atoms with E-state index in [-0.39, 0.29) is 0 Å². The van der Waals surface area contributed by atoms with E-state index in [4.69, 9.17) is 4.98 Å². The van der Waals surface area contributed by atoms with Crippen LogP contribution in [0.4, 0.5) is 0 Å². The van der Waals surface area contributed by atoms with E-state index in [9.17, 15) is 0 Å². The van der Waals surface area contributed by atoms with E-state index in [1.807, 2.05) is 13.8 Å². The topological polar surface area (TPSA) is 16.1 Å². The molecular formula is C23H32N2. The molecule has 4 rings (SSSR count). The smallest absolute Gasteiger partial charge is 0.0457 e. The van der Waals surface area contributed by atoms with Crippen LogP contribution in [-0.2, 0) is 0 Å². The fourth-order valence-electron chi connectivity index (χ4n) is 5.19. The summed E-state index contributed by atoms with van der Waals surface area (Å²) in [6.07, 6.45) is 4.03. The van der Waals surface area contributed by atoms with Crippen molar-refractivity contribution in [2.45, 2.75) is 71.9 Å². The molecule has 2 saturated heterocycles. The van der Waals surface area contributed by atoms with Gasteiger partial charge in [-0.2, -0.15) is 0 Å². The van der Waals surface area contributed by atoms with E-state index in [0.717, 1.165) is 11.7 Å². The van der Waals surface area contributed by atoms with Crippen molar-refractivity contribution < 1.29 is 0 Å². The Balaban J connectivity index is 0.000000880. The summed E-state index contributed by atoms with van der Waals surface area (Å²) in [5, 5.41) is 0. The number of aryl methyl sites for hydroxylation is 2. The van der Waals surface area contributed by atoms with Crippen molar-refractivity contribution in [1.29, 1.82) is 0 Å². The Morgan fingerprint density at radius 1 is 0.960 bits per heavy atom. The fourth-order valence-corrected chi connectivity index (χ4v) is 5.19. The highest BCUT2D eigenvalue weighted by atomic mass is 15.2. The second kappa shape index (κ2) is 7.29. The summed E-state index contributed by atoms with van der Waals surface area (Å²) in [5.74, 6) is 0.661. The molecule has 3 atom stereocenters. The lowest BCUT2D eigenvalue weighted by Crippen LogP contribution is -2.26. The third-order valence-electron chi connectivity index (χ3n) is 6.18. The SMILES string of the molecule is CC.Cc1nc(C)c([C@H]2CC3CCC2N3C)c(C)c1-c1ccccc1. The standard InChI is InChI=1S/C21H26N2.C2H6/c1-13-20(16-8-6-5-7-9-16)14(2)22-15(3)21(13)18-12-17-10-11-19(18)23(17)4;1-2/h5-9,17-19H,10-12H2,1-4H3;1-2H3/t17?,18-,19?;/m0./s1. The molecule has 0 aliphatic carbocycles. The van der Waals surface area contributed by atoms with Crippen LogP contribution in [0.5, 0.6) is 0 Å². The molecule has 1 aromatic heterocycles. The second-order valence-electron chi connectivity index (χ2n) is 7.37. The highest BCUT2D eigenvalue weighted by Crippen LogP contribution is 2.48. The molecule has 3 heterocycles. The highest BCUT2D eigenvalue weighted by Gasteiger charge is 2.45. The van der Waals surface area contributed by atoms with Gasteiger partial charge in [0.25, 0.3) is 0 Å². The van der Waals surface area contributed by atoms with Gasteiger partial charge in [0.2, 0.25) is 0 Å². The van der Waals surface area contributed by atoms with Crippen LogP contribution < -0.4 is 0 Å². The van der Waals surface area contributed by atoms with Crippen molar-refractivity contribution in [3.8, 4) is 11.1 Å². The molecule has 0 saturated carbocycles. The summed E-state index contributed by atoms with van der Waals surface area (Å²) < 4.78 is 0. The molecule has 1 aromatic carbocycles. The van der Waals surface area contributed by atoms with Gasteiger partial charge < -0.3 is 0 Å². The van der Waals surface area contributed by atoms with Gasteiger partial charge in [0, 0.05) is 35.0 Å². The van der Waals surface area contributed by atoms with Crippen molar-refractivity contribution in [2.75, 3.05) is 7.05 Å². The Morgan fingerprint density at radius 3 is 2.20 bits per heavy atom. The molecule has 0 amide bonds. The van der Waals surface area contributed by atoms with Gasteiger partial charge in [-0.15, -0.1) is 0 Å². The first-order valence-corrected chi connectivity index (χ1v) is 9.83. The zero-order valence-electron chi connectivity index (χ0n) is 16.6. The first kappa shape index (κ1) is 18.1. The van der Waals surface area contributed by atoms with Gasteiger partial charge in [-0.05, 0) is 63.8 Å². The maximum absolute atomic E-state index is 4.95. The van der Waals surface area contributed by atoms with Crippen LogP contribution in [0, 0.1) is 20.8 Å². The van der Waals surface area contributed by atoms with Crippen LogP contribution >= 0.6 is 0 Å². The van der Waals surface area contributed by atoms with Gasteiger partial charge in [-0.25, -0.2) is 0 Å². The van der Waals surface area contributed by atoms with Crippen molar-refractivity contribution in [3.05, 3.63) is 52.8 Å². The van der Waals surface area contributed by atoms with E-state index in [2.05, 4.69) is 63.1 Å². The van der Waals surface area contributed by atoms with Crippen molar-refractivity contribution >= 4 is 0 Å². The van der Waals surface area contributed by atoms with E-state index in [1.54, 1.807) is 0 Å². The monoisotopic (exact) mass is 336 g/mol. The van der Waals surface area contributed by atoms with Crippen LogP contribution in [0.15, 0.2) is 30.3 Å². The predicted molar refractivity (Wildman–Crippen MR) is 107 cm³/mol. The Morgan fingerprint density at radius 2 is 1.64 bits per heavy atom. The van der Waals surface area contributed by atoms with Crippen molar-refractivity contribution in [1.82, 2.24) is 9.88 Å². The lowest BCUT2D eigenvalue weighted by Gasteiger charge is -2.27. The van der Waals surface area contributed by atoms with E-state index in [1.165, 1.54) is 47.2 Å². The molecule has 0 N–H and O–H groups in total. The van der Waals surface area contributed by atoms with Crippen LogP contribution in [0.3, 0.4) is 0 Å². The molecule has 2 aromatic rings. The molecule has 2 aliphatic heterocycles. The number of rotatable bonds is 2. The molecule has 2 unspecified atom stereocenters. The largest absolute Gasteiger partial charge is 0.300 e. The van der Waals surface area contributed by atoms with Crippen LogP contribution in [-0.4, -0.2) is 29.0 Å². The van der Waals surface area contributed by atoms with Gasteiger partial charge in [-0.1, -0.05) is 44.2 Å². The maximum atomic E-state index is 4.95. The van der Waals surface area contributed by atoms with Gasteiger partial charge in [0.05, 0.1) is 0 Å². The third kappa shape index (κ3) is 3.01. The maximum Gasteiger partial charge on any atom is 0.0457 e. The summed E-state index contributed by atoms with van der Waals surface area (Å²) in [4.78, 5) is 7.56. The molecule has 2 fully saturated rings. The Hall–Kier alpha value is -1.67. The fraction of sp³-hybridized carbons (Fsp3) is 0.522. The minimum absolute atomic E-state index is 0.661. The number of aromatic nitrogens is 1. The lowest BCUT2D eigenvalue weighted by molar-refractivity contribution is 0.307. The van der Waals surface area contributed by atoms with Crippen LogP contribution in [0.25, 0.3) is 11.1 Å². The number of likely N-dealkylation sites (N-methyl/N-ethyl adjacent to an activating group) is 1. The molecule has 134 valence electrons. The zero-order chi connectivity index (χ0) is 18.1. The van der Waals surface area contributed by atoms with Crippen LogP contribution in [0.2, 0.25) is 0 Å². The minimum Gasteiger partial charge on any atom is -0.300 e. The predicted octanol–water partition coefficient (Wildman–Crippen LogP) is 5.65. The van der Waals surface area contributed by atoms with Crippen molar-refractivity contribution in [2.24, 2.45) is 0 Å². The average Bonchev–Trinajstić information content (AvgIpc) is 3.12. The minimum atomic E-state index is 0.661. The van der Waals surface area contributed by atoms with Gasteiger partial charge in [0.15, 0.2) is 0 Å². The first-order chi connectivity index (χ1) is 12.1. The zero-order valence-corrected chi connectivity index (χ0v) is 16.6. The van der Waals surface area contributed by atoms with Gasteiger partial charge in [-0.3, -0.25) is 9.88 Å². The van der Waals surface area contributed by atoms with Crippen molar-refractivity contribution in [3.63, 3.8) is 0 Å². The molecule has 2 heteroatoms. The van der Waals surface area contributed by atoms with Gasteiger partial charge >= 0.3 is 0 Å². The van der Waals surface area contributed by atoms with Crippen LogP contribution in [0.1, 0.15) is 61.5 Å². The summed E-state index contributed by atoms with van der Waals surface area (Å²) in [6, 6.07) is 12.3. The number of nitrogens with zero attached hydrogens (tertiary/aromatic N) is 2. The molecule has 0 spiro atoms. The Bertz CT molecular complexity index is 736. The van der Waals surface area contributed by atoms with E-state index < -0.39 is 0 Å². The molecule has 2 aliphatic rings. The molecule has 25 heavy (non-hydrogen) atoms. The number of benzene rings is 1. The first-order valence-electron chi connectivity index (χ1n) is 9.83. The highest BCUT2D eigenvalue weighted by molar-refractivity contribution is 5.71. The Labute approximate surface area is 153 Å². The Kier molecular flexibility index (Phi) is 5.29. The number of pyridine rings is 1. The van der Waals surface area contributed by atoms with E-state index in [0.29, 0.717) is 12.0 Å². The quantitative estimate of drug-likeness (QED) is 0.704. The summed E-state index contributed by atoms with van der Waals surface area (Å²) in [7, 11) is 2.31. The normalized spacial score (nSPS) is 25.0. The molecule has 0 radical (unpaired) electrons. The number of hydrogen-bond donors (Lipinski definition) is 0. The third-order valence-corrected chi connectivity index (χ3v) is 6.18. The lowest BCUT2D eigenvalue weighted by atomic mass is 9.79. The summed E-state index contributed by atoms with van der Waals surface area (Å²) in [5.41, 5.74) is 8.02. The second-order valence-corrected chi connectivity index (χ2v) is 7.37. The average molecular weight is 337 g/mol. The molecule has 2 bridgehead atoms. The number of hydrogen-bond acceptors (Lipinski definition) is 2. The molecule has 2 nitrogen and oxygen atoms in total. The van der Waals surface area contributed by atoms with Gasteiger partial charge in [0.1, 0.15) is 0 Å². The van der Waals surface area contributed by atoms with E-state index >= 15 is 0 Å². The number of fused-ring (bicyclic) bond motifs is 2.